The average Bonchev–Trinajstić information content (AvgIpc) is 3.10. The molecule has 0 amide bonds. The third kappa shape index (κ3) is 9.92. The highest BCUT2D eigenvalue weighted by Gasteiger charge is 2.18. The van der Waals surface area contributed by atoms with Gasteiger partial charge in [-0.15, -0.1) is 0 Å². The number of benzene rings is 2. The Morgan fingerprint density at radius 1 is 0.680 bits per heavy atom. The van der Waals surface area contributed by atoms with Crippen molar-refractivity contribution in [1.29, 1.82) is 0 Å². The second-order valence-electron chi connectivity index (χ2n) is 12.1. The van der Waals surface area contributed by atoms with Crippen LogP contribution in [0.4, 0.5) is 22.7 Å². The third-order valence-corrected chi connectivity index (χ3v) is 8.86. The van der Waals surface area contributed by atoms with E-state index in [1.54, 1.807) is 32.5 Å². The van der Waals surface area contributed by atoms with E-state index in [1.165, 1.54) is 0 Å². The largest absolute Gasteiger partial charge is 0.497 e. The van der Waals surface area contributed by atoms with Gasteiger partial charge in [-0.1, -0.05) is 11.6 Å². The van der Waals surface area contributed by atoms with Crippen molar-refractivity contribution in [2.24, 2.45) is 0 Å². The Hall–Kier alpha value is -4.27. The van der Waals surface area contributed by atoms with Crippen LogP contribution in [-0.2, 0) is 9.47 Å². The van der Waals surface area contributed by atoms with E-state index >= 15 is 0 Å². The number of aryl methyl sites for hydroxylation is 4. The van der Waals surface area contributed by atoms with Gasteiger partial charge in [0.05, 0.1) is 81.5 Å². The van der Waals surface area contributed by atoms with Gasteiger partial charge in [-0.2, -0.15) is 0 Å². The SMILES string of the molecule is COc1cc(C)c(-c2ncc(N3CCOCC3)cc2N)c(C)c1.COc1cc(C)c(B(O)O)c(C)c1.Nc1cc(N2CCOCC2)cnc1Cl. The van der Waals surface area contributed by atoms with Crippen molar-refractivity contribution in [3.8, 4) is 22.8 Å². The summed E-state index contributed by atoms with van der Waals surface area (Å²) in [6.45, 7) is 14.3. The molecule has 0 spiro atoms. The van der Waals surface area contributed by atoms with E-state index in [-0.39, 0.29) is 0 Å². The van der Waals surface area contributed by atoms with E-state index in [1.807, 2.05) is 44.3 Å². The summed E-state index contributed by atoms with van der Waals surface area (Å²) in [5.41, 5.74) is 21.6. The molecule has 2 saturated heterocycles. The Bertz CT molecular complexity index is 1690. The van der Waals surface area contributed by atoms with Crippen molar-refractivity contribution >= 4 is 46.9 Å². The molecule has 2 aromatic heterocycles. The van der Waals surface area contributed by atoms with Gasteiger partial charge in [0.1, 0.15) is 11.5 Å². The summed E-state index contributed by atoms with van der Waals surface area (Å²) >= 11 is 5.74. The quantitative estimate of drug-likeness (QED) is 0.169. The van der Waals surface area contributed by atoms with Crippen molar-refractivity contribution in [2.75, 3.05) is 88.1 Å². The first-order valence-corrected chi connectivity index (χ1v) is 16.8. The van der Waals surface area contributed by atoms with Crippen LogP contribution >= 0.6 is 11.6 Å². The highest BCUT2D eigenvalue weighted by Crippen LogP contribution is 2.34. The van der Waals surface area contributed by atoms with Crippen LogP contribution in [0.25, 0.3) is 11.3 Å². The van der Waals surface area contributed by atoms with Crippen LogP contribution in [0.15, 0.2) is 48.8 Å². The first-order valence-electron chi connectivity index (χ1n) is 16.4. The topological polar surface area (TPSA) is 162 Å². The summed E-state index contributed by atoms with van der Waals surface area (Å²) < 4.78 is 21.0. The summed E-state index contributed by atoms with van der Waals surface area (Å²) in [4.78, 5) is 13.1. The standard InChI is InChI=1S/C18H23N3O2.C9H13BO3.C9H12ClN3O/c1-12-8-15(22-3)9-13(2)17(12)18-16(19)10-14(11-20-18)21-4-6-23-7-5-21;1-6-4-8(13-3)5-7(2)9(6)10(11)12;10-9-8(11)5-7(6-12-9)13-1-3-14-4-2-13/h8-11H,4-7,19H2,1-3H3;4-5,11-12H,1-3H3;5-6H,1-4,11H2. The molecule has 6 rings (SSSR count). The predicted molar refractivity (Wildman–Crippen MR) is 202 cm³/mol. The zero-order valence-electron chi connectivity index (χ0n) is 29.7. The molecule has 4 aromatic rings. The molecule has 0 aliphatic carbocycles. The van der Waals surface area contributed by atoms with Crippen LogP contribution in [0.1, 0.15) is 22.3 Å². The molecular formula is C36H48BClN6O6. The number of aromatic nitrogens is 2. The summed E-state index contributed by atoms with van der Waals surface area (Å²) in [6.07, 6.45) is 3.64. The number of ether oxygens (including phenoxy) is 4. The molecule has 0 unspecified atom stereocenters. The minimum atomic E-state index is -1.41. The Morgan fingerprint density at radius 3 is 1.50 bits per heavy atom. The minimum Gasteiger partial charge on any atom is -0.497 e. The Balaban J connectivity index is 0.000000180. The molecule has 0 radical (unpaired) electrons. The fraction of sp³-hybridized carbons (Fsp3) is 0.389. The molecule has 6 N–H and O–H groups in total. The van der Waals surface area contributed by atoms with E-state index in [0.717, 1.165) is 109 Å². The summed E-state index contributed by atoms with van der Waals surface area (Å²) in [5, 5.41) is 18.5. The molecule has 0 bridgehead atoms. The summed E-state index contributed by atoms with van der Waals surface area (Å²) in [7, 11) is 1.85. The van der Waals surface area contributed by atoms with Crippen molar-refractivity contribution in [1.82, 2.24) is 9.97 Å². The molecule has 0 saturated carbocycles. The molecule has 2 aliphatic rings. The number of methoxy groups -OCH3 is 2. The van der Waals surface area contributed by atoms with Gasteiger partial charge in [-0.3, -0.25) is 4.98 Å². The normalized spacial score (nSPS) is 14.2. The average molecular weight is 707 g/mol. The molecule has 50 heavy (non-hydrogen) atoms. The third-order valence-electron chi connectivity index (χ3n) is 8.55. The molecule has 2 fully saturated rings. The summed E-state index contributed by atoms with van der Waals surface area (Å²) in [6, 6.07) is 11.4. The zero-order chi connectivity index (χ0) is 36.4. The maximum absolute atomic E-state index is 9.06. The number of hydrogen-bond donors (Lipinski definition) is 4. The van der Waals surface area contributed by atoms with Crippen molar-refractivity contribution < 1.29 is 29.0 Å². The zero-order valence-corrected chi connectivity index (χ0v) is 30.5. The molecular weight excluding hydrogens is 659 g/mol. The number of hydrogen-bond acceptors (Lipinski definition) is 12. The number of nitrogen functional groups attached to an aromatic ring is 2. The molecule has 2 aliphatic heterocycles. The number of morpholine rings is 2. The number of nitrogens with zero attached hydrogens (tertiary/aromatic N) is 4. The maximum atomic E-state index is 9.06. The van der Waals surface area contributed by atoms with Gasteiger partial charge in [-0.05, 0) is 91.8 Å². The maximum Gasteiger partial charge on any atom is 0.488 e. The molecule has 2 aromatic carbocycles. The van der Waals surface area contributed by atoms with Crippen molar-refractivity contribution in [2.45, 2.75) is 27.7 Å². The van der Waals surface area contributed by atoms with Gasteiger partial charge in [0.2, 0.25) is 0 Å². The van der Waals surface area contributed by atoms with E-state index in [4.69, 9.17) is 52.1 Å². The first kappa shape index (κ1) is 38.5. The highest BCUT2D eigenvalue weighted by atomic mass is 35.5. The lowest BCUT2D eigenvalue weighted by molar-refractivity contribution is 0.122. The van der Waals surface area contributed by atoms with E-state index < -0.39 is 7.12 Å². The molecule has 12 nitrogen and oxygen atoms in total. The van der Waals surface area contributed by atoms with E-state index in [0.29, 0.717) is 22.0 Å². The van der Waals surface area contributed by atoms with Gasteiger partial charge in [0.15, 0.2) is 5.15 Å². The van der Waals surface area contributed by atoms with Crippen LogP contribution in [0.5, 0.6) is 11.5 Å². The fourth-order valence-corrected chi connectivity index (χ4v) is 6.10. The predicted octanol–water partition coefficient (Wildman–Crippen LogP) is 3.94. The molecule has 14 heteroatoms. The number of pyridine rings is 2. The fourth-order valence-electron chi connectivity index (χ4n) is 6.00. The van der Waals surface area contributed by atoms with Gasteiger partial charge in [0.25, 0.3) is 0 Å². The lowest BCUT2D eigenvalue weighted by atomic mass is 9.74. The van der Waals surface area contributed by atoms with Crippen molar-refractivity contribution in [3.05, 3.63) is 76.2 Å². The highest BCUT2D eigenvalue weighted by molar-refractivity contribution is 6.59. The van der Waals surface area contributed by atoms with Gasteiger partial charge in [-0.25, -0.2) is 4.98 Å². The van der Waals surface area contributed by atoms with Crippen LogP contribution in [0, 0.1) is 27.7 Å². The number of halogens is 1. The van der Waals surface area contributed by atoms with E-state index in [2.05, 4.69) is 33.6 Å². The molecule has 268 valence electrons. The van der Waals surface area contributed by atoms with Gasteiger partial charge in [0, 0.05) is 31.7 Å². The minimum absolute atomic E-state index is 0.363. The number of anilines is 4. The van der Waals surface area contributed by atoms with Crippen molar-refractivity contribution in [3.63, 3.8) is 0 Å². The Kier molecular flexibility index (Phi) is 14.0. The second-order valence-corrected chi connectivity index (χ2v) is 12.4. The Labute approximate surface area is 300 Å². The smallest absolute Gasteiger partial charge is 0.488 e. The van der Waals surface area contributed by atoms with Crippen LogP contribution < -0.4 is 36.2 Å². The molecule has 0 atom stereocenters. The van der Waals surface area contributed by atoms with Crippen LogP contribution in [-0.4, -0.2) is 94.0 Å². The number of nitrogens with two attached hydrogens (primary N) is 2. The Morgan fingerprint density at radius 2 is 1.10 bits per heavy atom. The van der Waals surface area contributed by atoms with Gasteiger partial charge >= 0.3 is 7.12 Å². The summed E-state index contributed by atoms with van der Waals surface area (Å²) in [5.74, 6) is 1.59. The van der Waals surface area contributed by atoms with Gasteiger partial charge < -0.3 is 50.3 Å². The van der Waals surface area contributed by atoms with E-state index in [9.17, 15) is 0 Å². The lowest BCUT2D eigenvalue weighted by Crippen LogP contribution is -2.36. The first-order chi connectivity index (χ1) is 23.9. The van der Waals surface area contributed by atoms with Crippen LogP contribution in [0.3, 0.4) is 0 Å². The van der Waals surface area contributed by atoms with Crippen LogP contribution in [0.2, 0.25) is 5.15 Å². The second kappa shape index (κ2) is 18.1. The lowest BCUT2D eigenvalue weighted by Gasteiger charge is -2.29. The monoisotopic (exact) mass is 706 g/mol. The molecule has 4 heterocycles. The number of rotatable bonds is 6.